The number of hydrogen-bond donors (Lipinski definition) is 0. The zero-order chi connectivity index (χ0) is 10.8. The summed E-state index contributed by atoms with van der Waals surface area (Å²) in [6, 6.07) is 0. The molecular formula is C11H12N2OS. The van der Waals surface area contributed by atoms with Gasteiger partial charge in [-0.2, -0.15) is 16.4 Å². The Morgan fingerprint density at radius 3 is 2.87 bits per heavy atom. The average Bonchev–Trinajstić information content (AvgIpc) is 2.75. The Hall–Kier alpha value is -1.42. The molecule has 0 atom stereocenters. The number of rotatable bonds is 3. The van der Waals surface area contributed by atoms with E-state index >= 15 is 0 Å². The molecule has 0 saturated heterocycles. The second-order valence-corrected chi connectivity index (χ2v) is 4.33. The van der Waals surface area contributed by atoms with Gasteiger partial charge in [0.2, 0.25) is 0 Å². The summed E-state index contributed by atoms with van der Waals surface area (Å²) in [7, 11) is 1.85. The lowest BCUT2D eigenvalue weighted by atomic mass is 10.1. The van der Waals surface area contributed by atoms with Crippen molar-refractivity contribution in [3.63, 3.8) is 0 Å². The molecule has 0 spiro atoms. The topological polar surface area (TPSA) is 34.9 Å². The van der Waals surface area contributed by atoms with Gasteiger partial charge in [0.1, 0.15) is 0 Å². The molecule has 0 amide bonds. The fraction of sp³-hybridized carbons (Fsp3) is 0.273. The van der Waals surface area contributed by atoms with Crippen molar-refractivity contribution in [3.05, 3.63) is 39.8 Å². The van der Waals surface area contributed by atoms with Crippen molar-refractivity contribution in [1.29, 1.82) is 0 Å². The highest BCUT2D eigenvalue weighted by Gasteiger charge is 2.11. The minimum atomic E-state index is 0.168. The van der Waals surface area contributed by atoms with Crippen molar-refractivity contribution in [1.82, 2.24) is 9.78 Å². The lowest BCUT2D eigenvalue weighted by Crippen LogP contribution is -2.02. The number of nitrogens with zero attached hydrogens (tertiary/aromatic N) is 2. The number of ketones is 1. The summed E-state index contributed by atoms with van der Waals surface area (Å²) >= 11 is 1.57. The summed E-state index contributed by atoms with van der Waals surface area (Å²) in [6.07, 6.45) is 4.05. The standard InChI is InChI=1S/C11H12N2OS/c1-8-6-15-7-10(8)11(14)3-9-4-12-13(2)5-9/h4-7H,3H2,1-2H3. The summed E-state index contributed by atoms with van der Waals surface area (Å²) in [4.78, 5) is 11.9. The average molecular weight is 220 g/mol. The zero-order valence-corrected chi connectivity index (χ0v) is 9.54. The molecule has 0 aliphatic carbocycles. The fourth-order valence-corrected chi connectivity index (χ4v) is 2.34. The largest absolute Gasteiger partial charge is 0.294 e. The highest BCUT2D eigenvalue weighted by molar-refractivity contribution is 7.08. The highest BCUT2D eigenvalue weighted by atomic mass is 32.1. The van der Waals surface area contributed by atoms with E-state index in [0.29, 0.717) is 6.42 Å². The molecule has 2 aromatic heterocycles. The van der Waals surface area contributed by atoms with Gasteiger partial charge in [-0.15, -0.1) is 0 Å². The minimum Gasteiger partial charge on any atom is -0.294 e. The first kappa shape index (κ1) is 10.1. The Balaban J connectivity index is 2.14. The first-order valence-corrected chi connectivity index (χ1v) is 5.64. The maximum absolute atomic E-state index is 11.9. The minimum absolute atomic E-state index is 0.168. The Morgan fingerprint density at radius 1 is 1.53 bits per heavy atom. The molecule has 2 heterocycles. The Kier molecular flexibility index (Phi) is 2.68. The van der Waals surface area contributed by atoms with Crippen LogP contribution in [-0.2, 0) is 13.5 Å². The van der Waals surface area contributed by atoms with Crippen molar-refractivity contribution < 1.29 is 4.79 Å². The first-order valence-electron chi connectivity index (χ1n) is 4.70. The predicted octanol–water partition coefficient (Wildman–Crippen LogP) is 2.22. The molecule has 2 aromatic rings. The van der Waals surface area contributed by atoms with Crippen LogP contribution in [0.3, 0.4) is 0 Å². The first-order chi connectivity index (χ1) is 7.16. The van der Waals surface area contributed by atoms with Crippen LogP contribution in [0.15, 0.2) is 23.2 Å². The third kappa shape index (κ3) is 2.15. The van der Waals surface area contributed by atoms with E-state index in [-0.39, 0.29) is 5.78 Å². The van der Waals surface area contributed by atoms with Crippen LogP contribution in [0.2, 0.25) is 0 Å². The van der Waals surface area contributed by atoms with Gasteiger partial charge >= 0.3 is 0 Å². The fourth-order valence-electron chi connectivity index (χ4n) is 1.49. The molecule has 0 aromatic carbocycles. The summed E-state index contributed by atoms with van der Waals surface area (Å²) in [5, 5.41) is 7.95. The van der Waals surface area contributed by atoms with Crippen LogP contribution >= 0.6 is 11.3 Å². The molecule has 0 aliphatic heterocycles. The quantitative estimate of drug-likeness (QED) is 0.743. The van der Waals surface area contributed by atoms with E-state index in [1.165, 1.54) is 0 Å². The number of thiophene rings is 1. The summed E-state index contributed by atoms with van der Waals surface area (Å²) < 4.78 is 1.71. The van der Waals surface area contributed by atoms with E-state index in [1.54, 1.807) is 22.2 Å². The van der Waals surface area contributed by atoms with Crippen LogP contribution in [-0.4, -0.2) is 15.6 Å². The molecule has 0 unspecified atom stereocenters. The van der Waals surface area contributed by atoms with E-state index in [1.807, 2.05) is 30.9 Å². The Bertz CT molecular complexity index is 484. The molecule has 0 N–H and O–H groups in total. The van der Waals surface area contributed by atoms with Gasteiger partial charge in [0, 0.05) is 30.6 Å². The van der Waals surface area contributed by atoms with Crippen molar-refractivity contribution in [3.8, 4) is 0 Å². The number of carbonyl (C=O) groups is 1. The number of carbonyl (C=O) groups excluding carboxylic acids is 1. The van der Waals surface area contributed by atoms with E-state index in [2.05, 4.69) is 5.10 Å². The van der Waals surface area contributed by atoms with Crippen LogP contribution in [0, 0.1) is 6.92 Å². The number of aryl methyl sites for hydroxylation is 2. The van der Waals surface area contributed by atoms with Crippen LogP contribution < -0.4 is 0 Å². The van der Waals surface area contributed by atoms with Gasteiger partial charge in [0.15, 0.2) is 5.78 Å². The van der Waals surface area contributed by atoms with Crippen LogP contribution in [0.4, 0.5) is 0 Å². The van der Waals surface area contributed by atoms with Crippen LogP contribution in [0.25, 0.3) is 0 Å². The summed E-state index contributed by atoms with van der Waals surface area (Å²) in [5.41, 5.74) is 2.87. The summed E-state index contributed by atoms with van der Waals surface area (Å²) in [5.74, 6) is 0.168. The predicted molar refractivity (Wildman–Crippen MR) is 60.3 cm³/mol. The molecule has 0 fully saturated rings. The molecule has 15 heavy (non-hydrogen) atoms. The number of Topliss-reactive ketones (excluding diaryl/α,β-unsaturated/α-hetero) is 1. The SMILES string of the molecule is Cc1cscc1C(=O)Cc1cnn(C)c1. The smallest absolute Gasteiger partial charge is 0.168 e. The molecule has 4 heteroatoms. The zero-order valence-electron chi connectivity index (χ0n) is 8.73. The van der Waals surface area contributed by atoms with Crippen molar-refractivity contribution in [2.45, 2.75) is 13.3 Å². The lowest BCUT2D eigenvalue weighted by molar-refractivity contribution is 0.0993. The maximum atomic E-state index is 11.9. The number of hydrogen-bond acceptors (Lipinski definition) is 3. The molecule has 3 nitrogen and oxygen atoms in total. The van der Waals surface area contributed by atoms with Crippen molar-refractivity contribution in [2.75, 3.05) is 0 Å². The second kappa shape index (κ2) is 3.98. The van der Waals surface area contributed by atoms with Gasteiger partial charge in [0.25, 0.3) is 0 Å². The lowest BCUT2D eigenvalue weighted by Gasteiger charge is -1.97. The Labute approximate surface area is 92.4 Å². The van der Waals surface area contributed by atoms with Crippen molar-refractivity contribution in [2.24, 2.45) is 7.05 Å². The summed E-state index contributed by atoms with van der Waals surface area (Å²) in [6.45, 7) is 1.97. The highest BCUT2D eigenvalue weighted by Crippen LogP contribution is 2.16. The van der Waals surface area contributed by atoms with Gasteiger partial charge in [0.05, 0.1) is 6.20 Å². The van der Waals surface area contributed by atoms with Crippen LogP contribution in [0.1, 0.15) is 21.5 Å². The monoisotopic (exact) mass is 220 g/mol. The molecule has 0 radical (unpaired) electrons. The van der Waals surface area contributed by atoms with Gasteiger partial charge in [-0.1, -0.05) is 0 Å². The Morgan fingerprint density at radius 2 is 2.33 bits per heavy atom. The molecule has 0 bridgehead atoms. The molecule has 2 rings (SSSR count). The van der Waals surface area contributed by atoms with E-state index in [0.717, 1.165) is 16.7 Å². The van der Waals surface area contributed by atoms with E-state index < -0.39 is 0 Å². The van der Waals surface area contributed by atoms with Crippen LogP contribution in [0.5, 0.6) is 0 Å². The molecule has 0 aliphatic rings. The van der Waals surface area contributed by atoms with E-state index in [9.17, 15) is 4.79 Å². The third-order valence-corrected chi connectivity index (χ3v) is 3.14. The molecule has 0 saturated carbocycles. The van der Waals surface area contributed by atoms with Gasteiger partial charge in [-0.3, -0.25) is 9.48 Å². The molecule has 78 valence electrons. The van der Waals surface area contributed by atoms with Gasteiger partial charge in [-0.05, 0) is 23.4 Å². The van der Waals surface area contributed by atoms with Gasteiger partial charge in [-0.25, -0.2) is 0 Å². The third-order valence-electron chi connectivity index (χ3n) is 2.28. The van der Waals surface area contributed by atoms with Crippen molar-refractivity contribution >= 4 is 17.1 Å². The van der Waals surface area contributed by atoms with E-state index in [4.69, 9.17) is 0 Å². The maximum Gasteiger partial charge on any atom is 0.168 e. The number of aromatic nitrogens is 2. The second-order valence-electron chi connectivity index (χ2n) is 3.59. The normalized spacial score (nSPS) is 10.5. The molecular weight excluding hydrogens is 208 g/mol. The van der Waals surface area contributed by atoms with Gasteiger partial charge < -0.3 is 0 Å².